The van der Waals surface area contributed by atoms with Crippen LogP contribution in [0.25, 0.3) is 0 Å². The summed E-state index contributed by atoms with van der Waals surface area (Å²) in [6, 6.07) is 0. The summed E-state index contributed by atoms with van der Waals surface area (Å²) in [7, 11) is 0. The van der Waals surface area contributed by atoms with E-state index in [-0.39, 0.29) is 46.9 Å². The van der Waals surface area contributed by atoms with E-state index in [1.165, 1.54) is 0 Å². The zero-order chi connectivity index (χ0) is 4.50. The normalized spacial score (nSPS) is 9.67. The Bertz CT molecular complexity index is 94.0. The van der Waals surface area contributed by atoms with Crippen LogP contribution in [0.3, 0.4) is 0 Å². The SMILES string of the molecule is O=[S](=O)(O)[Gd].[Yb]. The van der Waals surface area contributed by atoms with Gasteiger partial charge in [-0.1, -0.05) is 0 Å². The van der Waals surface area contributed by atoms with Gasteiger partial charge in [0, 0.05) is 46.9 Å². The van der Waals surface area contributed by atoms with E-state index in [1.807, 2.05) is 0 Å². The molecule has 6 heavy (non-hydrogen) atoms. The first-order chi connectivity index (χ1) is 2.00. The standard InChI is InChI=1S/Gd.HO3S.Yb/c;1-4(2)3;/h;(H,1,2,3);. The van der Waals surface area contributed by atoms with Gasteiger partial charge in [0.05, 0.1) is 0 Å². The fraction of sp³-hybridized carbons (Fsp3) is 0. The summed E-state index contributed by atoms with van der Waals surface area (Å²) in [4.78, 5) is 0. The molecule has 0 saturated carbocycles. The van der Waals surface area contributed by atoms with Crippen molar-refractivity contribution in [2.24, 2.45) is 0 Å². The van der Waals surface area contributed by atoms with Crippen molar-refractivity contribution in [1.29, 1.82) is 0 Å². The molecule has 0 aromatic carbocycles. The summed E-state index contributed by atoms with van der Waals surface area (Å²) in [6.07, 6.45) is 0. The summed E-state index contributed by atoms with van der Waals surface area (Å²) >= 11 is 0.539. The zero-order valence-electron chi connectivity index (χ0n) is 2.29. The molecule has 1 N–H and O–H groups in total. The quantitative estimate of drug-likeness (QED) is 0.539. The maximum Gasteiger partial charge on any atom is 0 e. The fourth-order valence-corrected chi connectivity index (χ4v) is 0. The molecule has 0 radical (unpaired) electrons. The second-order valence-electron chi connectivity index (χ2n) is 0.400. The van der Waals surface area contributed by atoms with Crippen molar-refractivity contribution in [1.82, 2.24) is 0 Å². The molecule has 0 spiro atoms. The molecular formula is HGdO3SYb. The second kappa shape index (κ2) is 4.62. The zero-order valence-corrected chi connectivity index (χ0v) is 7.09. The fourth-order valence-electron chi connectivity index (χ4n) is 0. The molecule has 3 nitrogen and oxygen atoms in total. The minimum atomic E-state index is -3.64. The van der Waals surface area contributed by atoms with Crippen LogP contribution in [0.5, 0.6) is 0 Å². The van der Waals surface area contributed by atoms with Gasteiger partial charge in [0.15, 0.2) is 0 Å². The van der Waals surface area contributed by atoms with E-state index in [1.54, 1.807) is 0 Å². The molecule has 0 aromatic heterocycles. The largest absolute Gasteiger partial charge is 0 e. The molecule has 0 bridgehead atoms. The Morgan fingerprint density at radius 1 is 1.50 bits per heavy atom. The van der Waals surface area contributed by atoms with Gasteiger partial charge < -0.3 is 0 Å². The van der Waals surface area contributed by atoms with Gasteiger partial charge in [-0.25, -0.2) is 0 Å². The van der Waals surface area contributed by atoms with E-state index in [2.05, 4.69) is 0 Å². The predicted molar refractivity (Wildman–Crippen MR) is 11.5 cm³/mol. The monoisotopic (exact) mass is 413 g/mol. The minimum absolute atomic E-state index is 0. The van der Waals surface area contributed by atoms with Crippen LogP contribution in [0, 0.1) is 82.9 Å². The third-order valence-corrected chi connectivity index (χ3v) is 0. The van der Waals surface area contributed by atoms with E-state index in [9.17, 15) is 8.42 Å². The van der Waals surface area contributed by atoms with Gasteiger partial charge in [-0.05, 0) is 0 Å². The van der Waals surface area contributed by atoms with Gasteiger partial charge in [0.1, 0.15) is 0 Å². The molecule has 0 amide bonds. The van der Waals surface area contributed by atoms with Gasteiger partial charge in [0.2, 0.25) is 0 Å². The molecule has 0 aromatic rings. The summed E-state index contributed by atoms with van der Waals surface area (Å²) in [5, 5.41) is 0. The molecule has 0 aliphatic carbocycles. The van der Waals surface area contributed by atoms with Crippen LogP contribution in [-0.2, 0) is 4.22 Å². The Balaban J connectivity index is 0. The van der Waals surface area contributed by atoms with Crippen molar-refractivity contribution in [3.8, 4) is 0 Å². The van der Waals surface area contributed by atoms with Crippen molar-refractivity contribution in [2.75, 3.05) is 0 Å². The molecule has 0 aliphatic heterocycles. The van der Waals surface area contributed by atoms with E-state index in [0.29, 0.717) is 36.0 Å². The molecule has 0 saturated heterocycles. The summed E-state index contributed by atoms with van der Waals surface area (Å²) in [6.45, 7) is 0. The van der Waals surface area contributed by atoms with Crippen molar-refractivity contribution < 1.29 is 95.9 Å². The van der Waals surface area contributed by atoms with Crippen molar-refractivity contribution in [2.45, 2.75) is 0 Å². The maximum atomic E-state index is 9.20. The Kier molecular flexibility index (Phi) is 8.88. The van der Waals surface area contributed by atoms with Crippen LogP contribution in [0.2, 0.25) is 0 Å². The first-order valence-corrected chi connectivity index (χ1v) is 4.76. The predicted octanol–water partition coefficient (Wildman–Crippen LogP) is -0.661. The molecule has 0 fully saturated rings. The number of hydrogen-bond acceptors (Lipinski definition) is 2. The van der Waals surface area contributed by atoms with Crippen molar-refractivity contribution in [3.63, 3.8) is 0 Å². The number of rotatable bonds is 0. The van der Waals surface area contributed by atoms with Crippen molar-refractivity contribution in [3.05, 3.63) is 0 Å². The Labute approximate surface area is 97.3 Å². The average Bonchev–Trinajstić information content (AvgIpc) is 0.722. The Hall–Kier alpha value is 2.75. The van der Waals surface area contributed by atoms with Crippen LogP contribution >= 0.6 is 0 Å². The summed E-state index contributed by atoms with van der Waals surface area (Å²) < 4.78 is 22.3. The second-order valence-corrected chi connectivity index (χ2v) is 4.71. The van der Waals surface area contributed by atoms with Gasteiger partial charge in [-0.3, -0.25) is 0 Å². The van der Waals surface area contributed by atoms with Crippen LogP contribution in [0.4, 0.5) is 0 Å². The summed E-state index contributed by atoms with van der Waals surface area (Å²) in [5.41, 5.74) is 0. The first-order valence-electron chi connectivity index (χ1n) is 0.660. The topological polar surface area (TPSA) is 54.4 Å². The first kappa shape index (κ1) is 11.5. The van der Waals surface area contributed by atoms with E-state index >= 15 is 0 Å². The smallest absolute Gasteiger partial charge is 0 e. The third kappa shape index (κ3) is 29.5. The third-order valence-electron chi connectivity index (χ3n) is 0. The van der Waals surface area contributed by atoms with Gasteiger partial charge in [-0.15, -0.1) is 0 Å². The molecule has 0 aliphatic rings. The minimum Gasteiger partial charge on any atom is 0 e. The molecule has 0 rings (SSSR count). The van der Waals surface area contributed by atoms with Crippen LogP contribution in [0.1, 0.15) is 0 Å². The molecule has 0 unspecified atom stereocenters. The Morgan fingerprint density at radius 2 is 1.50 bits per heavy atom. The summed E-state index contributed by atoms with van der Waals surface area (Å²) in [5.74, 6) is 0. The van der Waals surface area contributed by atoms with Crippen LogP contribution < -0.4 is 0 Å². The van der Waals surface area contributed by atoms with Gasteiger partial charge in [0.25, 0.3) is 0 Å². The molecular weight excluding hydrogens is 410 g/mol. The molecule has 0 atom stereocenters. The van der Waals surface area contributed by atoms with E-state index < -0.39 is 4.22 Å². The van der Waals surface area contributed by atoms with Gasteiger partial charge in [-0.2, -0.15) is 0 Å². The van der Waals surface area contributed by atoms with E-state index in [4.69, 9.17) is 4.55 Å². The molecule has 6 heteroatoms. The Morgan fingerprint density at radius 3 is 1.50 bits per heavy atom. The maximum absolute atomic E-state index is 9.20. The van der Waals surface area contributed by atoms with Crippen LogP contribution in [-0.4, -0.2) is 13.0 Å². The van der Waals surface area contributed by atoms with E-state index in [0.717, 1.165) is 0 Å². The molecule has 0 heterocycles. The van der Waals surface area contributed by atoms with Gasteiger partial charge >= 0.3 is 53.2 Å². The van der Waals surface area contributed by atoms with Crippen LogP contribution in [0.15, 0.2) is 0 Å². The number of hydrogen-bond donors (Lipinski definition) is 1. The molecule has 47 valence electrons. The van der Waals surface area contributed by atoms with Crippen molar-refractivity contribution >= 4 is 4.22 Å². The average molecular weight is 411 g/mol.